The molecular weight excluding hydrogens is 755 g/mol. The van der Waals surface area contributed by atoms with Gasteiger partial charge in [-0.1, -0.05) is 91.0 Å². The first-order valence-electron chi connectivity index (χ1n) is 20.5. The van der Waals surface area contributed by atoms with Gasteiger partial charge in [0.1, 0.15) is 24.5 Å². The molecule has 2 fully saturated rings. The van der Waals surface area contributed by atoms with Gasteiger partial charge in [-0.25, -0.2) is 14.4 Å². The molecule has 13 heteroatoms. The summed E-state index contributed by atoms with van der Waals surface area (Å²) >= 11 is 0. The largest absolute Gasteiger partial charge is 0.496 e. The maximum atomic E-state index is 13.4. The Hall–Kier alpha value is -5.66. The number of hydrogen-bond donors (Lipinski definition) is 3. The molecule has 0 saturated carbocycles. The maximum Gasteiger partial charge on any atom is 0.407 e. The summed E-state index contributed by atoms with van der Waals surface area (Å²) in [6.45, 7) is 2.56. The Balaban J connectivity index is 1.07. The van der Waals surface area contributed by atoms with Crippen LogP contribution in [0.1, 0.15) is 68.6 Å². The van der Waals surface area contributed by atoms with E-state index in [0.29, 0.717) is 32.2 Å². The molecule has 6 rings (SSSR count). The van der Waals surface area contributed by atoms with Gasteiger partial charge in [0.25, 0.3) is 0 Å². The highest BCUT2D eigenvalue weighted by atomic mass is 16.7. The monoisotopic (exact) mass is 809 g/mol. The third-order valence-electron chi connectivity index (χ3n) is 10.6. The fraction of sp³-hybridized carbons (Fsp3) is 0.435. The summed E-state index contributed by atoms with van der Waals surface area (Å²) in [5.41, 5.74) is 2.82. The molecule has 0 aliphatic carbocycles. The first-order chi connectivity index (χ1) is 28.7. The number of benzene rings is 4. The zero-order valence-electron chi connectivity index (χ0n) is 33.8. The van der Waals surface area contributed by atoms with Crippen LogP contribution in [-0.2, 0) is 52.7 Å². The molecular formula is C46H55N3O10. The van der Waals surface area contributed by atoms with Crippen molar-refractivity contribution in [1.29, 1.82) is 0 Å². The molecule has 0 bridgehead atoms. The molecule has 59 heavy (non-hydrogen) atoms. The van der Waals surface area contributed by atoms with Crippen LogP contribution in [0.3, 0.4) is 0 Å². The van der Waals surface area contributed by atoms with Crippen LogP contribution in [-0.4, -0.2) is 81.1 Å². The van der Waals surface area contributed by atoms with Crippen molar-refractivity contribution in [2.45, 2.75) is 101 Å². The topological polar surface area (TPSA) is 160 Å². The standard InChI is InChI=1S/C46H55N3O10/c1-3-55-43(51)40(27-32-13-5-4-6-14-32)49-42(50)23-22-36-28-38(57-45(53)48-30-35-18-11-17-33-15-7-9-20-39(33)35)29-46(58-36)25-12-19-37(59-46)31-56-44(52)47-26-24-34-16-8-10-21-41(34)54-2/h4-11,13-18,20-21,36-38,40H,3,12,19,22-31H2,1-2H3,(H,47,52)(H,48,53)(H,49,50)/t36-,37-,38-,40+,46+/m1/s1. The third kappa shape index (κ3) is 12.7. The molecule has 13 nitrogen and oxygen atoms in total. The minimum absolute atomic E-state index is 0.00633. The van der Waals surface area contributed by atoms with Gasteiger partial charge in [-0.3, -0.25) is 4.79 Å². The molecule has 4 aromatic carbocycles. The highest BCUT2D eigenvalue weighted by Gasteiger charge is 2.47. The normalized spacial score (nSPS) is 20.5. The first-order valence-corrected chi connectivity index (χ1v) is 20.5. The first kappa shape index (κ1) is 42.9. The van der Waals surface area contributed by atoms with Crippen molar-refractivity contribution in [3.63, 3.8) is 0 Å². The maximum absolute atomic E-state index is 13.4. The molecule has 0 radical (unpaired) electrons. The Labute approximate surface area is 345 Å². The molecule has 0 aromatic heterocycles. The average Bonchev–Trinajstić information content (AvgIpc) is 3.24. The van der Waals surface area contributed by atoms with Crippen LogP contribution >= 0.6 is 0 Å². The van der Waals surface area contributed by atoms with Gasteiger partial charge in [0.2, 0.25) is 5.91 Å². The number of carbonyl (C=O) groups is 4. The van der Waals surface area contributed by atoms with Gasteiger partial charge in [0, 0.05) is 45.2 Å². The Bertz CT molecular complexity index is 2010. The second kappa shape index (κ2) is 21.4. The van der Waals surface area contributed by atoms with E-state index in [9.17, 15) is 19.2 Å². The van der Waals surface area contributed by atoms with Crippen molar-refractivity contribution >= 4 is 34.8 Å². The molecule has 2 aliphatic heterocycles. The summed E-state index contributed by atoms with van der Waals surface area (Å²) < 4.78 is 35.5. The van der Waals surface area contributed by atoms with Crippen LogP contribution in [0.15, 0.2) is 97.1 Å². The summed E-state index contributed by atoms with van der Waals surface area (Å²) in [6, 6.07) is 30.1. The minimum atomic E-state index is -1.13. The van der Waals surface area contributed by atoms with E-state index >= 15 is 0 Å². The van der Waals surface area contributed by atoms with E-state index in [-0.39, 0.29) is 51.3 Å². The van der Waals surface area contributed by atoms with E-state index in [0.717, 1.165) is 39.6 Å². The lowest BCUT2D eigenvalue weighted by molar-refractivity contribution is -0.329. The van der Waals surface area contributed by atoms with Crippen molar-refractivity contribution in [3.8, 4) is 5.75 Å². The molecule has 314 valence electrons. The summed E-state index contributed by atoms with van der Waals surface area (Å²) in [7, 11) is 1.61. The number of rotatable bonds is 17. The number of ether oxygens (including phenoxy) is 6. The molecule has 3 N–H and O–H groups in total. The molecule has 4 aromatic rings. The Kier molecular flexibility index (Phi) is 15.6. The lowest BCUT2D eigenvalue weighted by Gasteiger charge is -2.47. The van der Waals surface area contributed by atoms with Crippen molar-refractivity contribution in [1.82, 2.24) is 16.0 Å². The summed E-state index contributed by atoms with van der Waals surface area (Å²) in [5.74, 6) is -1.22. The van der Waals surface area contributed by atoms with Gasteiger partial charge in [-0.05, 0) is 66.1 Å². The zero-order chi connectivity index (χ0) is 41.5. The quantitative estimate of drug-likeness (QED) is 0.0755. The highest BCUT2D eigenvalue weighted by molar-refractivity contribution is 5.86. The van der Waals surface area contributed by atoms with E-state index in [2.05, 4.69) is 16.0 Å². The van der Waals surface area contributed by atoms with Gasteiger partial charge in [0.15, 0.2) is 5.79 Å². The van der Waals surface area contributed by atoms with Crippen molar-refractivity contribution < 1.29 is 47.6 Å². The predicted molar refractivity (Wildman–Crippen MR) is 221 cm³/mol. The summed E-state index contributed by atoms with van der Waals surface area (Å²) in [5, 5.41) is 10.7. The van der Waals surface area contributed by atoms with Gasteiger partial charge < -0.3 is 44.4 Å². The summed E-state index contributed by atoms with van der Waals surface area (Å²) in [6.07, 6.45) is 0.970. The second-order valence-electron chi connectivity index (χ2n) is 14.9. The van der Waals surface area contributed by atoms with E-state index in [4.69, 9.17) is 28.4 Å². The van der Waals surface area contributed by atoms with Crippen molar-refractivity contribution in [3.05, 3.63) is 114 Å². The number of nitrogens with one attached hydrogen (secondary N) is 3. The Morgan fingerprint density at radius 2 is 1.58 bits per heavy atom. The third-order valence-corrected chi connectivity index (χ3v) is 10.6. The van der Waals surface area contributed by atoms with E-state index < -0.39 is 48.3 Å². The number of esters is 1. The van der Waals surface area contributed by atoms with E-state index in [1.54, 1.807) is 14.0 Å². The molecule has 2 aliphatic rings. The Morgan fingerprint density at radius 1 is 0.831 bits per heavy atom. The fourth-order valence-electron chi connectivity index (χ4n) is 7.84. The fourth-order valence-corrected chi connectivity index (χ4v) is 7.84. The second-order valence-corrected chi connectivity index (χ2v) is 14.9. The number of carbonyl (C=O) groups excluding carboxylic acids is 4. The zero-order valence-corrected chi connectivity index (χ0v) is 33.8. The highest BCUT2D eigenvalue weighted by Crippen LogP contribution is 2.41. The van der Waals surface area contributed by atoms with Gasteiger partial charge in [-0.15, -0.1) is 0 Å². The number of fused-ring (bicyclic) bond motifs is 1. The van der Waals surface area contributed by atoms with Crippen molar-refractivity contribution in [2.75, 3.05) is 26.9 Å². The molecule has 0 unspecified atom stereocenters. The van der Waals surface area contributed by atoms with Crippen LogP contribution < -0.4 is 20.7 Å². The minimum Gasteiger partial charge on any atom is -0.496 e. The smallest absolute Gasteiger partial charge is 0.407 e. The molecule has 3 amide bonds. The van der Waals surface area contributed by atoms with Crippen LogP contribution in [0.4, 0.5) is 9.59 Å². The van der Waals surface area contributed by atoms with E-state index in [1.807, 2.05) is 97.1 Å². The van der Waals surface area contributed by atoms with Crippen LogP contribution in [0.25, 0.3) is 10.8 Å². The lowest BCUT2D eigenvalue weighted by Crippen LogP contribution is -2.54. The molecule has 2 heterocycles. The predicted octanol–water partition coefficient (Wildman–Crippen LogP) is 6.93. The lowest BCUT2D eigenvalue weighted by atomic mass is 9.90. The number of para-hydroxylation sites is 1. The number of methoxy groups -OCH3 is 1. The average molecular weight is 810 g/mol. The van der Waals surface area contributed by atoms with Gasteiger partial charge in [0.05, 0.1) is 25.9 Å². The number of hydrogen-bond acceptors (Lipinski definition) is 10. The number of amides is 3. The molecule has 5 atom stereocenters. The van der Waals surface area contributed by atoms with Gasteiger partial charge >= 0.3 is 18.2 Å². The Morgan fingerprint density at radius 3 is 2.41 bits per heavy atom. The molecule has 1 spiro atoms. The number of alkyl carbamates (subject to hydrolysis) is 2. The van der Waals surface area contributed by atoms with E-state index in [1.165, 1.54) is 0 Å². The van der Waals surface area contributed by atoms with Gasteiger partial charge in [-0.2, -0.15) is 0 Å². The van der Waals surface area contributed by atoms with Crippen LogP contribution in [0, 0.1) is 0 Å². The molecule has 2 saturated heterocycles. The van der Waals surface area contributed by atoms with Crippen LogP contribution in [0.5, 0.6) is 5.75 Å². The van der Waals surface area contributed by atoms with Crippen LogP contribution in [0.2, 0.25) is 0 Å². The summed E-state index contributed by atoms with van der Waals surface area (Å²) in [4.78, 5) is 52.2. The SMILES string of the molecule is CCOC(=O)[C@H](Cc1ccccc1)NC(=O)CC[C@@H]1C[C@@H](OC(=O)NCc2cccc3ccccc23)C[C@@]2(CCC[C@H](COC(=O)NCCc3ccccc3OC)O2)O1. The van der Waals surface area contributed by atoms with Crippen molar-refractivity contribution in [2.24, 2.45) is 0 Å².